The van der Waals surface area contributed by atoms with Crippen LogP contribution in [0.1, 0.15) is 40.2 Å². The van der Waals surface area contributed by atoms with Crippen molar-refractivity contribution in [2.24, 2.45) is 0 Å². The first-order valence-electron chi connectivity index (χ1n) is 9.33. The summed E-state index contributed by atoms with van der Waals surface area (Å²) in [6.07, 6.45) is 0. The van der Waals surface area contributed by atoms with Gasteiger partial charge >= 0.3 is 0 Å². The number of fused-ring (bicyclic) bond motifs is 1. The maximum atomic E-state index is 13.2. The van der Waals surface area contributed by atoms with Crippen molar-refractivity contribution in [1.82, 2.24) is 9.21 Å². The number of carbonyl (C=O) groups is 1. The zero-order valence-electron chi connectivity index (χ0n) is 17.6. The number of aryl methyl sites for hydroxylation is 1. The van der Waals surface area contributed by atoms with Gasteiger partial charge in [0.2, 0.25) is 10.0 Å². The van der Waals surface area contributed by atoms with Crippen LogP contribution in [0.25, 0.3) is 11.0 Å². The molecule has 3 aromatic rings. The molecule has 3 rings (SSSR count). The van der Waals surface area contributed by atoms with Crippen molar-refractivity contribution < 1.29 is 17.6 Å². The number of furan rings is 1. The second-order valence-electron chi connectivity index (χ2n) is 7.48. The molecule has 0 N–H and O–H groups in total. The average Bonchev–Trinajstić information content (AvgIpc) is 3.12. The Kier molecular flexibility index (Phi) is 5.56. The Bertz CT molecular complexity index is 1150. The van der Waals surface area contributed by atoms with E-state index in [1.165, 1.54) is 20.2 Å². The van der Waals surface area contributed by atoms with Gasteiger partial charge in [-0.15, -0.1) is 0 Å². The van der Waals surface area contributed by atoms with Crippen LogP contribution in [-0.2, 0) is 10.0 Å². The molecule has 0 saturated carbocycles. The zero-order valence-corrected chi connectivity index (χ0v) is 18.4. The van der Waals surface area contributed by atoms with E-state index in [0.29, 0.717) is 16.9 Å². The lowest BCUT2D eigenvalue weighted by molar-refractivity contribution is 0.0727. The SMILES string of the molecule is Cc1cc(C(=O)N(C)C(C)c2cc3ccccc3o2)cc(S(=O)(=O)N(C)C)c1C. The minimum absolute atomic E-state index is 0.149. The summed E-state index contributed by atoms with van der Waals surface area (Å²) in [5, 5.41) is 0.973. The summed E-state index contributed by atoms with van der Waals surface area (Å²) in [6.45, 7) is 5.44. The number of hydrogen-bond donors (Lipinski definition) is 0. The Labute approximate surface area is 171 Å². The third-order valence-corrected chi connectivity index (χ3v) is 7.32. The van der Waals surface area contributed by atoms with Crippen molar-refractivity contribution in [3.63, 3.8) is 0 Å². The summed E-state index contributed by atoms with van der Waals surface area (Å²) in [4.78, 5) is 14.9. The lowest BCUT2D eigenvalue weighted by Gasteiger charge is -2.24. The van der Waals surface area contributed by atoms with E-state index in [2.05, 4.69) is 0 Å². The Balaban J connectivity index is 1.98. The molecule has 2 aromatic carbocycles. The van der Waals surface area contributed by atoms with E-state index < -0.39 is 10.0 Å². The van der Waals surface area contributed by atoms with Gasteiger partial charge in [0, 0.05) is 32.1 Å². The number of nitrogens with zero attached hydrogens (tertiary/aromatic N) is 2. The van der Waals surface area contributed by atoms with E-state index >= 15 is 0 Å². The number of carbonyl (C=O) groups excluding carboxylic acids is 1. The van der Waals surface area contributed by atoms with Gasteiger partial charge in [0.05, 0.1) is 10.9 Å². The molecule has 0 bridgehead atoms. The van der Waals surface area contributed by atoms with Gasteiger partial charge < -0.3 is 9.32 Å². The number of hydrogen-bond acceptors (Lipinski definition) is 4. The van der Waals surface area contributed by atoms with Crippen LogP contribution in [-0.4, -0.2) is 44.7 Å². The van der Waals surface area contributed by atoms with Gasteiger partial charge in [0.1, 0.15) is 11.3 Å². The molecule has 0 radical (unpaired) electrons. The summed E-state index contributed by atoms with van der Waals surface area (Å²) in [7, 11) is 0.994. The van der Waals surface area contributed by atoms with Crippen LogP contribution in [0.15, 0.2) is 51.8 Å². The standard InChI is InChI=1S/C22H26N2O4S/c1-14-11-18(13-21(15(14)2)29(26,27)23(4)5)22(25)24(6)16(3)20-12-17-9-7-8-10-19(17)28-20/h7-13,16H,1-6H3. The highest BCUT2D eigenvalue weighted by atomic mass is 32.2. The van der Waals surface area contributed by atoms with Crippen molar-refractivity contribution >= 4 is 26.9 Å². The van der Waals surface area contributed by atoms with E-state index in [1.54, 1.807) is 24.9 Å². The number of rotatable bonds is 5. The van der Waals surface area contributed by atoms with Crippen molar-refractivity contribution in [3.05, 3.63) is 64.9 Å². The van der Waals surface area contributed by atoms with Crippen LogP contribution in [0.2, 0.25) is 0 Å². The molecule has 0 fully saturated rings. The Morgan fingerprint density at radius 2 is 1.69 bits per heavy atom. The van der Waals surface area contributed by atoms with Crippen molar-refractivity contribution in [1.29, 1.82) is 0 Å². The molecular formula is C22H26N2O4S. The van der Waals surface area contributed by atoms with Crippen LogP contribution in [0.4, 0.5) is 0 Å². The molecule has 1 heterocycles. The van der Waals surface area contributed by atoms with Gasteiger partial charge in [-0.1, -0.05) is 18.2 Å². The second-order valence-corrected chi connectivity index (χ2v) is 9.60. The summed E-state index contributed by atoms with van der Waals surface area (Å²) in [5.74, 6) is 0.406. The summed E-state index contributed by atoms with van der Waals surface area (Å²) < 4.78 is 32.4. The molecule has 0 saturated heterocycles. The molecule has 154 valence electrons. The lowest BCUT2D eigenvalue weighted by Crippen LogP contribution is -2.30. The largest absolute Gasteiger partial charge is 0.459 e. The van der Waals surface area contributed by atoms with E-state index in [-0.39, 0.29) is 16.8 Å². The Morgan fingerprint density at radius 1 is 1.03 bits per heavy atom. The van der Waals surface area contributed by atoms with Crippen LogP contribution >= 0.6 is 0 Å². The van der Waals surface area contributed by atoms with Crippen molar-refractivity contribution in [3.8, 4) is 0 Å². The molecule has 0 spiro atoms. The molecule has 1 amide bonds. The second kappa shape index (κ2) is 7.65. The molecule has 1 aromatic heterocycles. The van der Waals surface area contributed by atoms with E-state index in [0.717, 1.165) is 20.8 Å². The lowest BCUT2D eigenvalue weighted by atomic mass is 10.0. The summed E-state index contributed by atoms with van der Waals surface area (Å²) in [5.41, 5.74) is 2.49. The zero-order chi connectivity index (χ0) is 21.5. The van der Waals surface area contributed by atoms with E-state index in [1.807, 2.05) is 44.2 Å². The highest BCUT2D eigenvalue weighted by Gasteiger charge is 2.26. The molecule has 1 unspecified atom stereocenters. The van der Waals surface area contributed by atoms with Gasteiger partial charge in [0.25, 0.3) is 5.91 Å². The smallest absolute Gasteiger partial charge is 0.254 e. The molecular weight excluding hydrogens is 388 g/mol. The first kappa shape index (κ1) is 21.1. The van der Waals surface area contributed by atoms with Gasteiger partial charge in [-0.05, 0) is 56.2 Å². The minimum Gasteiger partial charge on any atom is -0.459 e. The quantitative estimate of drug-likeness (QED) is 0.629. The number of amides is 1. The fourth-order valence-electron chi connectivity index (χ4n) is 3.19. The topological polar surface area (TPSA) is 70.8 Å². The molecule has 7 heteroatoms. The van der Waals surface area contributed by atoms with Gasteiger partial charge in [0.15, 0.2) is 0 Å². The average molecular weight is 415 g/mol. The monoisotopic (exact) mass is 414 g/mol. The Morgan fingerprint density at radius 3 is 2.31 bits per heavy atom. The van der Waals surface area contributed by atoms with Crippen molar-refractivity contribution in [2.75, 3.05) is 21.1 Å². The number of benzene rings is 2. The van der Waals surface area contributed by atoms with E-state index in [9.17, 15) is 13.2 Å². The normalized spacial score (nSPS) is 13.1. The highest BCUT2D eigenvalue weighted by Crippen LogP contribution is 2.29. The van der Waals surface area contributed by atoms with E-state index in [4.69, 9.17) is 4.42 Å². The van der Waals surface area contributed by atoms with Gasteiger partial charge in [-0.25, -0.2) is 12.7 Å². The molecule has 0 aliphatic carbocycles. The fraction of sp³-hybridized carbons (Fsp3) is 0.318. The van der Waals surface area contributed by atoms with Crippen LogP contribution in [0.3, 0.4) is 0 Å². The van der Waals surface area contributed by atoms with Crippen molar-refractivity contribution in [2.45, 2.75) is 31.7 Å². The van der Waals surface area contributed by atoms with Crippen LogP contribution in [0, 0.1) is 13.8 Å². The maximum Gasteiger partial charge on any atom is 0.254 e. The number of sulfonamides is 1. The first-order chi connectivity index (χ1) is 13.5. The third kappa shape index (κ3) is 3.80. The van der Waals surface area contributed by atoms with Crippen LogP contribution < -0.4 is 0 Å². The molecule has 6 nitrogen and oxygen atoms in total. The predicted octanol–water partition coefficient (Wildman–Crippen LogP) is 4.13. The summed E-state index contributed by atoms with van der Waals surface area (Å²) >= 11 is 0. The third-order valence-electron chi connectivity index (χ3n) is 5.38. The minimum atomic E-state index is -3.66. The highest BCUT2D eigenvalue weighted by molar-refractivity contribution is 7.89. The molecule has 0 aliphatic heterocycles. The number of para-hydroxylation sites is 1. The summed E-state index contributed by atoms with van der Waals surface area (Å²) in [6, 6.07) is 12.5. The van der Waals surface area contributed by atoms with Gasteiger partial charge in [-0.2, -0.15) is 0 Å². The Hall–Kier alpha value is -2.64. The fourth-order valence-corrected chi connectivity index (χ4v) is 4.41. The molecule has 0 aliphatic rings. The maximum absolute atomic E-state index is 13.2. The molecule has 1 atom stereocenters. The van der Waals surface area contributed by atoms with Crippen LogP contribution in [0.5, 0.6) is 0 Å². The predicted molar refractivity (Wildman–Crippen MR) is 114 cm³/mol. The molecule has 29 heavy (non-hydrogen) atoms. The first-order valence-corrected chi connectivity index (χ1v) is 10.8. The van der Waals surface area contributed by atoms with Gasteiger partial charge in [-0.3, -0.25) is 4.79 Å².